The van der Waals surface area contributed by atoms with Gasteiger partial charge >= 0.3 is 0 Å². The number of aliphatic hydroxyl groups excluding tert-OH is 2. The molecule has 6 heteroatoms. The van der Waals surface area contributed by atoms with Crippen molar-refractivity contribution in [1.29, 1.82) is 0 Å². The highest BCUT2D eigenvalue weighted by atomic mass is 16.3. The van der Waals surface area contributed by atoms with Crippen molar-refractivity contribution in [1.82, 2.24) is 15.1 Å². The molecule has 0 aromatic carbocycles. The predicted molar refractivity (Wildman–Crippen MR) is 109 cm³/mol. The molecule has 0 aromatic rings. The lowest BCUT2D eigenvalue weighted by Gasteiger charge is -2.42. The van der Waals surface area contributed by atoms with E-state index < -0.39 is 5.41 Å². The van der Waals surface area contributed by atoms with Gasteiger partial charge in [-0.3, -0.25) is 9.69 Å². The topological polar surface area (TPSA) is 76.0 Å². The maximum absolute atomic E-state index is 13.2. The Morgan fingerprint density at radius 2 is 1.59 bits per heavy atom. The van der Waals surface area contributed by atoms with E-state index in [2.05, 4.69) is 31.0 Å². The van der Waals surface area contributed by atoms with Crippen LogP contribution in [0.3, 0.4) is 0 Å². The molecule has 2 fully saturated rings. The first-order valence-electron chi connectivity index (χ1n) is 10.6. The number of likely N-dealkylation sites (tertiary alicyclic amines) is 1. The van der Waals surface area contributed by atoms with E-state index in [-0.39, 0.29) is 25.2 Å². The smallest absolute Gasteiger partial charge is 0.237 e. The summed E-state index contributed by atoms with van der Waals surface area (Å²) in [4.78, 5) is 17.4. The number of rotatable bonds is 7. The summed E-state index contributed by atoms with van der Waals surface area (Å²) < 4.78 is 0. The van der Waals surface area contributed by atoms with E-state index in [1.807, 2.05) is 11.8 Å². The Hall–Kier alpha value is -0.690. The SMILES string of the molecule is CC(CO)(CO)CN(C(=O)CN1CCC(C(C)(C)C)CC1)C1CCNCC1. The molecule has 6 nitrogen and oxygen atoms in total. The molecular weight excluding hydrogens is 342 g/mol. The van der Waals surface area contributed by atoms with Gasteiger partial charge in [0.05, 0.1) is 19.8 Å². The van der Waals surface area contributed by atoms with Crippen molar-refractivity contribution >= 4 is 5.91 Å². The van der Waals surface area contributed by atoms with Crippen molar-refractivity contribution < 1.29 is 15.0 Å². The van der Waals surface area contributed by atoms with Crippen LogP contribution in [-0.2, 0) is 4.79 Å². The molecule has 2 saturated heterocycles. The van der Waals surface area contributed by atoms with Crippen molar-refractivity contribution in [3.63, 3.8) is 0 Å². The lowest BCUT2D eigenvalue weighted by atomic mass is 9.75. The molecule has 0 radical (unpaired) electrons. The van der Waals surface area contributed by atoms with E-state index in [1.54, 1.807) is 0 Å². The molecule has 3 N–H and O–H groups in total. The van der Waals surface area contributed by atoms with Gasteiger partial charge in [-0.15, -0.1) is 0 Å². The van der Waals surface area contributed by atoms with E-state index in [4.69, 9.17) is 0 Å². The second kappa shape index (κ2) is 9.68. The minimum atomic E-state index is -0.653. The van der Waals surface area contributed by atoms with Crippen LogP contribution in [0.2, 0.25) is 0 Å². The van der Waals surface area contributed by atoms with Crippen molar-refractivity contribution in [3.8, 4) is 0 Å². The normalized spacial score (nSPS) is 21.4. The molecule has 27 heavy (non-hydrogen) atoms. The Kier molecular flexibility index (Phi) is 8.10. The number of hydrogen-bond acceptors (Lipinski definition) is 5. The van der Waals surface area contributed by atoms with Crippen LogP contribution in [0.5, 0.6) is 0 Å². The second-order valence-corrected chi connectivity index (χ2v) is 10.0. The van der Waals surface area contributed by atoms with E-state index in [9.17, 15) is 15.0 Å². The Balaban J connectivity index is 1.99. The molecule has 2 aliphatic heterocycles. The van der Waals surface area contributed by atoms with E-state index in [0.29, 0.717) is 18.5 Å². The first kappa shape index (κ1) is 22.6. The van der Waals surface area contributed by atoms with E-state index >= 15 is 0 Å². The molecule has 0 aromatic heterocycles. The van der Waals surface area contributed by atoms with E-state index in [0.717, 1.165) is 57.8 Å². The highest BCUT2D eigenvalue weighted by Gasteiger charge is 2.35. The number of nitrogens with one attached hydrogen (secondary N) is 1. The van der Waals surface area contributed by atoms with Gasteiger partial charge in [-0.2, -0.15) is 0 Å². The summed E-state index contributed by atoms with van der Waals surface area (Å²) in [5, 5.41) is 22.8. The number of nitrogens with zero attached hydrogens (tertiary/aromatic N) is 2. The van der Waals surface area contributed by atoms with Crippen molar-refractivity contribution in [2.24, 2.45) is 16.7 Å². The average molecular weight is 384 g/mol. The molecule has 0 bridgehead atoms. The average Bonchev–Trinajstić information content (AvgIpc) is 2.66. The Morgan fingerprint density at radius 3 is 2.07 bits per heavy atom. The number of piperidine rings is 2. The lowest BCUT2D eigenvalue weighted by molar-refractivity contribution is -0.138. The highest BCUT2D eigenvalue weighted by molar-refractivity contribution is 5.78. The van der Waals surface area contributed by atoms with E-state index in [1.165, 1.54) is 0 Å². The second-order valence-electron chi connectivity index (χ2n) is 10.0. The van der Waals surface area contributed by atoms with Crippen molar-refractivity contribution in [2.75, 3.05) is 52.5 Å². The monoisotopic (exact) mass is 383 g/mol. The maximum atomic E-state index is 13.2. The first-order valence-corrected chi connectivity index (χ1v) is 10.6. The van der Waals surface area contributed by atoms with Crippen LogP contribution in [0.1, 0.15) is 53.4 Å². The third kappa shape index (κ3) is 6.41. The lowest BCUT2D eigenvalue weighted by Crippen LogP contribution is -2.54. The summed E-state index contributed by atoms with van der Waals surface area (Å²) in [5.74, 6) is 0.862. The van der Waals surface area contributed by atoms with Crippen LogP contribution in [0.15, 0.2) is 0 Å². The molecule has 2 aliphatic rings. The van der Waals surface area contributed by atoms with Gasteiger partial charge in [-0.1, -0.05) is 27.7 Å². The Bertz CT molecular complexity index is 460. The van der Waals surface area contributed by atoms with Crippen LogP contribution >= 0.6 is 0 Å². The third-order valence-electron chi connectivity index (χ3n) is 6.56. The molecule has 0 unspecified atom stereocenters. The summed E-state index contributed by atoms with van der Waals surface area (Å²) in [7, 11) is 0. The largest absolute Gasteiger partial charge is 0.396 e. The molecule has 2 rings (SSSR count). The summed E-state index contributed by atoms with van der Waals surface area (Å²) in [6.45, 7) is 13.2. The summed E-state index contributed by atoms with van der Waals surface area (Å²) in [5.41, 5.74) is -0.318. The van der Waals surface area contributed by atoms with Crippen molar-refractivity contribution in [2.45, 2.75) is 59.4 Å². The van der Waals surface area contributed by atoms with Crippen LogP contribution in [-0.4, -0.2) is 84.4 Å². The predicted octanol–water partition coefficient (Wildman–Crippen LogP) is 1.32. The quantitative estimate of drug-likeness (QED) is 0.618. The summed E-state index contributed by atoms with van der Waals surface area (Å²) in [6, 6.07) is 0.197. The number of carbonyl (C=O) groups excluding carboxylic acids is 1. The van der Waals surface area contributed by atoms with Crippen LogP contribution in [0.25, 0.3) is 0 Å². The maximum Gasteiger partial charge on any atom is 0.237 e. The molecule has 0 spiro atoms. The van der Waals surface area contributed by atoms with Crippen LogP contribution < -0.4 is 5.32 Å². The standard InChI is InChI=1S/C21H41N3O3/c1-20(2,3)17-7-11-23(12-8-17)13-19(27)24(14-21(4,15-25)16-26)18-5-9-22-10-6-18/h17-18,22,25-26H,5-16H2,1-4H3. The van der Waals surface area contributed by atoms with Gasteiger partial charge < -0.3 is 20.4 Å². The molecule has 0 saturated carbocycles. The molecule has 2 heterocycles. The van der Waals surface area contributed by atoms with Gasteiger partial charge in [0.2, 0.25) is 5.91 Å². The minimum absolute atomic E-state index is 0.116. The van der Waals surface area contributed by atoms with Gasteiger partial charge in [0.1, 0.15) is 0 Å². The van der Waals surface area contributed by atoms with Crippen LogP contribution in [0, 0.1) is 16.7 Å². The summed E-state index contributed by atoms with van der Waals surface area (Å²) in [6.07, 6.45) is 4.17. The molecular formula is C21H41N3O3. The fourth-order valence-corrected chi connectivity index (χ4v) is 4.34. The Labute approximate surface area is 165 Å². The van der Waals surface area contributed by atoms with Gasteiger partial charge in [0.15, 0.2) is 0 Å². The van der Waals surface area contributed by atoms with Gasteiger partial charge in [-0.05, 0) is 63.2 Å². The zero-order valence-electron chi connectivity index (χ0n) is 17.8. The number of hydrogen-bond donors (Lipinski definition) is 3. The van der Waals surface area contributed by atoms with Gasteiger partial charge in [0, 0.05) is 18.0 Å². The fourth-order valence-electron chi connectivity index (χ4n) is 4.34. The fraction of sp³-hybridized carbons (Fsp3) is 0.952. The summed E-state index contributed by atoms with van der Waals surface area (Å²) >= 11 is 0. The van der Waals surface area contributed by atoms with Gasteiger partial charge in [0.25, 0.3) is 0 Å². The molecule has 0 atom stereocenters. The number of aliphatic hydroxyl groups is 2. The van der Waals surface area contributed by atoms with Gasteiger partial charge in [-0.25, -0.2) is 0 Å². The zero-order chi connectivity index (χ0) is 20.1. The number of amides is 1. The molecule has 0 aliphatic carbocycles. The minimum Gasteiger partial charge on any atom is -0.396 e. The van der Waals surface area contributed by atoms with Crippen LogP contribution in [0.4, 0.5) is 0 Å². The number of carbonyl (C=O) groups is 1. The first-order chi connectivity index (χ1) is 12.7. The molecule has 158 valence electrons. The zero-order valence-corrected chi connectivity index (χ0v) is 17.8. The molecule has 1 amide bonds. The highest BCUT2D eigenvalue weighted by Crippen LogP contribution is 2.34. The van der Waals surface area contributed by atoms with Crippen molar-refractivity contribution in [3.05, 3.63) is 0 Å². The Morgan fingerprint density at radius 1 is 1.04 bits per heavy atom. The third-order valence-corrected chi connectivity index (χ3v) is 6.56.